The van der Waals surface area contributed by atoms with E-state index in [1.54, 1.807) is 6.07 Å². The molecule has 1 fully saturated rings. The summed E-state index contributed by atoms with van der Waals surface area (Å²) in [6.07, 6.45) is -1.27. The van der Waals surface area contributed by atoms with E-state index in [1.807, 2.05) is 17.0 Å². The highest BCUT2D eigenvalue weighted by Gasteiger charge is 2.31. The third kappa shape index (κ3) is 4.78. The van der Waals surface area contributed by atoms with Crippen molar-refractivity contribution in [3.8, 4) is 0 Å². The molecule has 0 bridgehead atoms. The van der Waals surface area contributed by atoms with Gasteiger partial charge in [-0.15, -0.1) is 0 Å². The van der Waals surface area contributed by atoms with Crippen molar-refractivity contribution in [3.63, 3.8) is 0 Å². The first-order valence-corrected chi connectivity index (χ1v) is 10.4. The lowest BCUT2D eigenvalue weighted by molar-refractivity contribution is -0.137. The van der Waals surface area contributed by atoms with Gasteiger partial charge in [0.05, 0.1) is 18.2 Å². The Labute approximate surface area is 174 Å². The molecule has 1 atom stereocenters. The van der Waals surface area contributed by atoms with E-state index in [0.717, 1.165) is 25.3 Å². The molecule has 0 saturated carbocycles. The molecule has 2 aromatic carbocycles. The van der Waals surface area contributed by atoms with Crippen LogP contribution in [0.15, 0.2) is 48.5 Å². The number of hydrogen-bond acceptors (Lipinski definition) is 3. The van der Waals surface area contributed by atoms with Gasteiger partial charge in [0.15, 0.2) is 0 Å². The molecule has 1 aliphatic carbocycles. The van der Waals surface area contributed by atoms with Crippen LogP contribution in [0.5, 0.6) is 0 Å². The molecule has 0 radical (unpaired) electrons. The zero-order valence-corrected chi connectivity index (χ0v) is 16.8. The van der Waals surface area contributed by atoms with Gasteiger partial charge in [0.25, 0.3) is 0 Å². The molecule has 1 heterocycles. The maximum Gasteiger partial charge on any atom is 0.416 e. The molecule has 1 amide bonds. The summed E-state index contributed by atoms with van der Waals surface area (Å²) in [6, 6.07) is 13.8. The first-order chi connectivity index (χ1) is 14.4. The van der Waals surface area contributed by atoms with Crippen LogP contribution >= 0.6 is 0 Å². The van der Waals surface area contributed by atoms with Crippen LogP contribution in [0.4, 0.5) is 18.9 Å². The standard InChI is InChI=1S/C23H26F3N3O/c24-23(25,26)18-7-4-8-19(15-18)29-13-11-28(12-14-29)16-22(30)27-21-10-3-6-17-5-1-2-9-20(17)21/h1-2,4-5,7-9,15,21H,3,6,10-14,16H2,(H,27,30). The number of anilines is 1. The second kappa shape index (κ2) is 8.68. The first kappa shape index (κ1) is 20.7. The van der Waals surface area contributed by atoms with Gasteiger partial charge < -0.3 is 10.2 Å². The summed E-state index contributed by atoms with van der Waals surface area (Å²) in [4.78, 5) is 16.6. The average molecular weight is 417 g/mol. The van der Waals surface area contributed by atoms with Crippen LogP contribution in [-0.2, 0) is 17.4 Å². The Balaban J connectivity index is 1.30. The van der Waals surface area contributed by atoms with E-state index in [-0.39, 0.29) is 11.9 Å². The predicted molar refractivity (Wildman–Crippen MR) is 110 cm³/mol. The van der Waals surface area contributed by atoms with E-state index in [9.17, 15) is 18.0 Å². The number of amides is 1. The molecule has 1 saturated heterocycles. The second-order valence-corrected chi connectivity index (χ2v) is 8.02. The molecule has 30 heavy (non-hydrogen) atoms. The van der Waals surface area contributed by atoms with Crippen molar-refractivity contribution >= 4 is 11.6 Å². The normalized spacial score (nSPS) is 20.0. The van der Waals surface area contributed by atoms with E-state index in [1.165, 1.54) is 23.3 Å². The van der Waals surface area contributed by atoms with E-state index in [2.05, 4.69) is 22.3 Å². The third-order valence-corrected chi connectivity index (χ3v) is 5.98. The maximum atomic E-state index is 13.0. The molecule has 2 aromatic rings. The monoisotopic (exact) mass is 417 g/mol. The molecule has 160 valence electrons. The zero-order chi connectivity index (χ0) is 21.1. The Kier molecular flexibility index (Phi) is 5.99. The minimum atomic E-state index is -4.34. The summed E-state index contributed by atoms with van der Waals surface area (Å²) >= 11 is 0. The largest absolute Gasteiger partial charge is 0.416 e. The number of rotatable bonds is 4. The molecule has 4 nitrogen and oxygen atoms in total. The fourth-order valence-corrected chi connectivity index (χ4v) is 4.39. The number of carbonyl (C=O) groups excluding carboxylic acids is 1. The van der Waals surface area contributed by atoms with E-state index in [0.29, 0.717) is 38.4 Å². The summed E-state index contributed by atoms with van der Waals surface area (Å²) in [5.41, 5.74) is 2.47. The molecule has 2 aliphatic rings. The Hall–Kier alpha value is -2.54. The SMILES string of the molecule is O=C(CN1CCN(c2cccc(C(F)(F)F)c2)CC1)NC1CCCc2ccccc21. The van der Waals surface area contributed by atoms with E-state index < -0.39 is 11.7 Å². The van der Waals surface area contributed by atoms with Crippen LogP contribution in [0.1, 0.15) is 35.6 Å². The van der Waals surface area contributed by atoms with Crippen molar-refractivity contribution < 1.29 is 18.0 Å². The van der Waals surface area contributed by atoms with Crippen molar-refractivity contribution in [1.29, 1.82) is 0 Å². The molecule has 0 aromatic heterocycles. The van der Waals surface area contributed by atoms with Crippen molar-refractivity contribution in [2.45, 2.75) is 31.5 Å². The Morgan fingerprint density at radius 3 is 2.57 bits per heavy atom. The van der Waals surface area contributed by atoms with Gasteiger partial charge in [-0.1, -0.05) is 30.3 Å². The highest BCUT2D eigenvalue weighted by atomic mass is 19.4. The lowest BCUT2D eigenvalue weighted by Gasteiger charge is -2.36. The van der Waals surface area contributed by atoms with Gasteiger partial charge in [0.1, 0.15) is 0 Å². The smallest absolute Gasteiger partial charge is 0.369 e. The molecule has 0 spiro atoms. The van der Waals surface area contributed by atoms with Gasteiger partial charge in [-0.3, -0.25) is 9.69 Å². The summed E-state index contributed by atoms with van der Waals surface area (Å²) in [5, 5.41) is 3.17. The molecule has 7 heteroatoms. The van der Waals surface area contributed by atoms with Crippen LogP contribution in [0.3, 0.4) is 0 Å². The molecular weight excluding hydrogens is 391 g/mol. The van der Waals surface area contributed by atoms with Gasteiger partial charge in [-0.05, 0) is 48.6 Å². The maximum absolute atomic E-state index is 13.0. The quantitative estimate of drug-likeness (QED) is 0.816. The zero-order valence-electron chi connectivity index (χ0n) is 16.8. The van der Waals surface area contributed by atoms with Crippen LogP contribution in [0, 0.1) is 0 Å². The van der Waals surface area contributed by atoms with Crippen LogP contribution in [0.25, 0.3) is 0 Å². The number of halogens is 3. The van der Waals surface area contributed by atoms with Gasteiger partial charge in [0.2, 0.25) is 5.91 Å². The van der Waals surface area contributed by atoms with Crippen LogP contribution in [0.2, 0.25) is 0 Å². The van der Waals surface area contributed by atoms with Gasteiger partial charge in [-0.2, -0.15) is 13.2 Å². The van der Waals surface area contributed by atoms with Crippen molar-refractivity contribution in [3.05, 3.63) is 65.2 Å². The van der Waals surface area contributed by atoms with E-state index in [4.69, 9.17) is 0 Å². The predicted octanol–water partition coefficient (Wildman–Crippen LogP) is 4.02. The number of piperazine rings is 1. The fraction of sp³-hybridized carbons (Fsp3) is 0.435. The second-order valence-electron chi connectivity index (χ2n) is 8.02. The molecule has 1 unspecified atom stereocenters. The van der Waals surface area contributed by atoms with Gasteiger partial charge >= 0.3 is 6.18 Å². The first-order valence-electron chi connectivity index (χ1n) is 10.4. The molecule has 1 N–H and O–H groups in total. The minimum absolute atomic E-state index is 0.00391. The summed E-state index contributed by atoms with van der Waals surface area (Å²) < 4.78 is 38.9. The number of nitrogens with one attached hydrogen (secondary N) is 1. The van der Waals surface area contributed by atoms with Gasteiger partial charge in [-0.25, -0.2) is 0 Å². The average Bonchev–Trinajstić information content (AvgIpc) is 2.74. The summed E-state index contributed by atoms with van der Waals surface area (Å²) in [5.74, 6) is 0.00391. The lowest BCUT2D eigenvalue weighted by atomic mass is 9.88. The highest BCUT2D eigenvalue weighted by Crippen LogP contribution is 2.32. The highest BCUT2D eigenvalue weighted by molar-refractivity contribution is 5.78. The number of fused-ring (bicyclic) bond motifs is 1. The Morgan fingerprint density at radius 1 is 1.03 bits per heavy atom. The Bertz CT molecular complexity index is 891. The number of carbonyl (C=O) groups is 1. The van der Waals surface area contributed by atoms with Crippen molar-refractivity contribution in [1.82, 2.24) is 10.2 Å². The minimum Gasteiger partial charge on any atom is -0.369 e. The summed E-state index contributed by atoms with van der Waals surface area (Å²) in [6.45, 7) is 2.80. The van der Waals surface area contributed by atoms with Crippen LogP contribution in [-0.4, -0.2) is 43.5 Å². The van der Waals surface area contributed by atoms with Crippen LogP contribution < -0.4 is 10.2 Å². The number of nitrogens with zero attached hydrogens (tertiary/aromatic N) is 2. The van der Waals surface area contributed by atoms with Crippen molar-refractivity contribution in [2.24, 2.45) is 0 Å². The van der Waals surface area contributed by atoms with E-state index >= 15 is 0 Å². The lowest BCUT2D eigenvalue weighted by Crippen LogP contribution is -2.50. The molecule has 1 aliphatic heterocycles. The number of alkyl halides is 3. The Morgan fingerprint density at radius 2 is 1.80 bits per heavy atom. The number of benzene rings is 2. The number of hydrogen-bond donors (Lipinski definition) is 1. The van der Waals surface area contributed by atoms with Crippen molar-refractivity contribution in [2.75, 3.05) is 37.6 Å². The number of aryl methyl sites for hydroxylation is 1. The topological polar surface area (TPSA) is 35.6 Å². The fourth-order valence-electron chi connectivity index (χ4n) is 4.39. The molecule has 4 rings (SSSR count). The third-order valence-electron chi connectivity index (χ3n) is 5.98. The summed E-state index contributed by atoms with van der Waals surface area (Å²) in [7, 11) is 0. The molecular formula is C23H26F3N3O. The van der Waals surface area contributed by atoms with Gasteiger partial charge in [0, 0.05) is 31.9 Å².